The van der Waals surface area contributed by atoms with Crippen molar-refractivity contribution in [3.05, 3.63) is 41.7 Å². The summed E-state index contributed by atoms with van der Waals surface area (Å²) in [4.78, 5) is 0. The molecule has 5 heteroatoms. The first kappa shape index (κ1) is 14.4. The Bertz CT molecular complexity index is 566. The third-order valence-corrected chi connectivity index (χ3v) is 3.27. The summed E-state index contributed by atoms with van der Waals surface area (Å²) in [6.07, 6.45) is 2.79. The van der Waals surface area contributed by atoms with E-state index in [-0.39, 0.29) is 6.04 Å². The van der Waals surface area contributed by atoms with Crippen LogP contribution in [0.5, 0.6) is 11.5 Å². The van der Waals surface area contributed by atoms with E-state index < -0.39 is 0 Å². The SMILES string of the molecule is CCCn1nccc1C(N)c1cccc(OC)c1OC. The third kappa shape index (κ3) is 2.63. The standard InChI is InChI=1S/C15H21N3O2/c1-4-10-18-12(8-9-17-18)14(16)11-6-5-7-13(19-2)15(11)20-3/h5-9,14H,4,10,16H2,1-3H3. The lowest BCUT2D eigenvalue weighted by Crippen LogP contribution is -2.18. The zero-order valence-electron chi connectivity index (χ0n) is 12.2. The largest absolute Gasteiger partial charge is 0.493 e. The number of hydrogen-bond acceptors (Lipinski definition) is 4. The molecule has 0 aliphatic heterocycles. The fourth-order valence-corrected chi connectivity index (χ4v) is 2.32. The van der Waals surface area contributed by atoms with Crippen LogP contribution in [0.15, 0.2) is 30.5 Å². The zero-order chi connectivity index (χ0) is 14.5. The van der Waals surface area contributed by atoms with Crippen molar-refractivity contribution in [3.8, 4) is 11.5 Å². The molecular weight excluding hydrogens is 254 g/mol. The second-order valence-corrected chi connectivity index (χ2v) is 4.54. The lowest BCUT2D eigenvalue weighted by Gasteiger charge is -2.19. The van der Waals surface area contributed by atoms with Crippen LogP contribution in [0.25, 0.3) is 0 Å². The predicted molar refractivity (Wildman–Crippen MR) is 78.1 cm³/mol. The molecule has 0 aliphatic carbocycles. The first-order valence-electron chi connectivity index (χ1n) is 6.71. The van der Waals surface area contributed by atoms with E-state index in [2.05, 4.69) is 12.0 Å². The quantitative estimate of drug-likeness (QED) is 0.879. The molecule has 1 heterocycles. The minimum Gasteiger partial charge on any atom is -0.493 e. The summed E-state index contributed by atoms with van der Waals surface area (Å²) in [5.41, 5.74) is 8.26. The Morgan fingerprint density at radius 1 is 1.25 bits per heavy atom. The van der Waals surface area contributed by atoms with E-state index in [0.717, 1.165) is 24.2 Å². The molecule has 108 valence electrons. The third-order valence-electron chi connectivity index (χ3n) is 3.27. The number of ether oxygens (including phenoxy) is 2. The number of benzene rings is 1. The van der Waals surface area contributed by atoms with Crippen LogP contribution >= 0.6 is 0 Å². The normalized spacial score (nSPS) is 12.2. The molecule has 2 aromatic rings. The number of para-hydroxylation sites is 1. The summed E-state index contributed by atoms with van der Waals surface area (Å²) < 4.78 is 12.7. The van der Waals surface area contributed by atoms with E-state index in [4.69, 9.17) is 15.2 Å². The van der Waals surface area contributed by atoms with Crippen molar-refractivity contribution in [3.63, 3.8) is 0 Å². The highest BCUT2D eigenvalue weighted by Gasteiger charge is 2.20. The van der Waals surface area contributed by atoms with Crippen molar-refractivity contribution in [2.24, 2.45) is 5.73 Å². The average Bonchev–Trinajstić information content (AvgIpc) is 2.94. The van der Waals surface area contributed by atoms with Gasteiger partial charge in [-0.15, -0.1) is 0 Å². The van der Waals surface area contributed by atoms with Gasteiger partial charge in [0.2, 0.25) is 0 Å². The number of hydrogen-bond donors (Lipinski definition) is 1. The fourth-order valence-electron chi connectivity index (χ4n) is 2.32. The molecule has 1 unspecified atom stereocenters. The Kier molecular flexibility index (Phi) is 4.63. The molecular formula is C15H21N3O2. The van der Waals surface area contributed by atoms with Crippen LogP contribution < -0.4 is 15.2 Å². The molecule has 2 N–H and O–H groups in total. The van der Waals surface area contributed by atoms with Gasteiger partial charge in [-0.3, -0.25) is 4.68 Å². The van der Waals surface area contributed by atoms with Crippen LogP contribution in [0.3, 0.4) is 0 Å². The van der Waals surface area contributed by atoms with Gasteiger partial charge in [-0.2, -0.15) is 5.10 Å². The van der Waals surface area contributed by atoms with Crippen molar-refractivity contribution in [2.75, 3.05) is 14.2 Å². The smallest absolute Gasteiger partial charge is 0.165 e. The maximum Gasteiger partial charge on any atom is 0.165 e. The van der Waals surface area contributed by atoms with Crippen molar-refractivity contribution in [1.29, 1.82) is 0 Å². The van der Waals surface area contributed by atoms with E-state index in [1.807, 2.05) is 28.9 Å². The second kappa shape index (κ2) is 6.43. The number of methoxy groups -OCH3 is 2. The topological polar surface area (TPSA) is 62.3 Å². The molecule has 1 atom stereocenters. The number of nitrogens with two attached hydrogens (primary N) is 1. The van der Waals surface area contributed by atoms with Gasteiger partial charge in [-0.05, 0) is 18.6 Å². The number of nitrogens with zero attached hydrogens (tertiary/aromatic N) is 2. The number of aryl methyl sites for hydroxylation is 1. The van der Waals surface area contributed by atoms with E-state index in [1.165, 1.54) is 0 Å². The first-order valence-corrected chi connectivity index (χ1v) is 6.71. The molecule has 20 heavy (non-hydrogen) atoms. The summed E-state index contributed by atoms with van der Waals surface area (Å²) in [6.45, 7) is 2.96. The number of rotatable bonds is 6. The Hall–Kier alpha value is -2.01. The van der Waals surface area contributed by atoms with Gasteiger partial charge in [0.15, 0.2) is 11.5 Å². The molecule has 2 rings (SSSR count). The number of aromatic nitrogens is 2. The molecule has 0 amide bonds. The molecule has 0 spiro atoms. The van der Waals surface area contributed by atoms with E-state index in [1.54, 1.807) is 20.4 Å². The molecule has 0 bridgehead atoms. The van der Waals surface area contributed by atoms with Crippen molar-refractivity contribution in [1.82, 2.24) is 9.78 Å². The molecule has 0 fully saturated rings. The molecule has 1 aromatic carbocycles. The van der Waals surface area contributed by atoms with Crippen LogP contribution in [0.2, 0.25) is 0 Å². The Morgan fingerprint density at radius 3 is 2.70 bits per heavy atom. The Balaban J connectivity index is 2.42. The molecule has 0 radical (unpaired) electrons. The van der Waals surface area contributed by atoms with Gasteiger partial charge in [-0.1, -0.05) is 19.1 Å². The van der Waals surface area contributed by atoms with E-state index in [0.29, 0.717) is 11.5 Å². The van der Waals surface area contributed by atoms with Gasteiger partial charge in [0, 0.05) is 18.3 Å². The van der Waals surface area contributed by atoms with Crippen LogP contribution in [-0.2, 0) is 6.54 Å². The fraction of sp³-hybridized carbons (Fsp3) is 0.400. The van der Waals surface area contributed by atoms with E-state index >= 15 is 0 Å². The highest BCUT2D eigenvalue weighted by molar-refractivity contribution is 5.49. The second-order valence-electron chi connectivity index (χ2n) is 4.54. The van der Waals surface area contributed by atoms with Gasteiger partial charge in [0.1, 0.15) is 0 Å². The van der Waals surface area contributed by atoms with Gasteiger partial charge in [0.05, 0.1) is 26.0 Å². The molecule has 0 saturated carbocycles. The highest BCUT2D eigenvalue weighted by Crippen LogP contribution is 2.35. The Labute approximate surface area is 119 Å². The minimum absolute atomic E-state index is 0.297. The first-order chi connectivity index (χ1) is 9.72. The monoisotopic (exact) mass is 275 g/mol. The van der Waals surface area contributed by atoms with Crippen molar-refractivity contribution < 1.29 is 9.47 Å². The zero-order valence-corrected chi connectivity index (χ0v) is 12.2. The van der Waals surface area contributed by atoms with Crippen molar-refractivity contribution >= 4 is 0 Å². The van der Waals surface area contributed by atoms with Crippen molar-refractivity contribution in [2.45, 2.75) is 25.9 Å². The predicted octanol–water partition coefficient (Wildman–Crippen LogP) is 2.36. The Morgan fingerprint density at radius 2 is 2.05 bits per heavy atom. The highest BCUT2D eigenvalue weighted by atomic mass is 16.5. The molecule has 0 saturated heterocycles. The van der Waals surface area contributed by atoms with E-state index in [9.17, 15) is 0 Å². The molecule has 0 aliphatic rings. The lowest BCUT2D eigenvalue weighted by atomic mass is 10.0. The summed E-state index contributed by atoms with van der Waals surface area (Å²) in [7, 11) is 3.24. The van der Waals surface area contributed by atoms with Gasteiger partial charge in [0.25, 0.3) is 0 Å². The van der Waals surface area contributed by atoms with Gasteiger partial charge < -0.3 is 15.2 Å². The summed E-state index contributed by atoms with van der Waals surface area (Å²) in [5.74, 6) is 1.36. The summed E-state index contributed by atoms with van der Waals surface area (Å²) in [6, 6.07) is 7.37. The maximum atomic E-state index is 6.40. The minimum atomic E-state index is -0.297. The van der Waals surface area contributed by atoms with Crippen LogP contribution in [0, 0.1) is 0 Å². The molecule has 5 nitrogen and oxygen atoms in total. The lowest BCUT2D eigenvalue weighted by molar-refractivity contribution is 0.350. The summed E-state index contributed by atoms with van der Waals surface area (Å²) >= 11 is 0. The van der Waals surface area contributed by atoms with Crippen LogP contribution in [0.1, 0.15) is 30.6 Å². The van der Waals surface area contributed by atoms with Gasteiger partial charge >= 0.3 is 0 Å². The maximum absolute atomic E-state index is 6.40. The van der Waals surface area contributed by atoms with Gasteiger partial charge in [-0.25, -0.2) is 0 Å². The van der Waals surface area contributed by atoms with Crippen LogP contribution in [0.4, 0.5) is 0 Å². The van der Waals surface area contributed by atoms with Crippen LogP contribution in [-0.4, -0.2) is 24.0 Å². The average molecular weight is 275 g/mol. The molecule has 1 aromatic heterocycles. The summed E-state index contributed by atoms with van der Waals surface area (Å²) in [5, 5.41) is 4.32.